The number of nitrogens with zero attached hydrogens (tertiary/aromatic N) is 2. The van der Waals surface area contributed by atoms with Crippen molar-refractivity contribution in [3.63, 3.8) is 0 Å². The van der Waals surface area contributed by atoms with E-state index in [1.165, 1.54) is 0 Å². The molecule has 0 bridgehead atoms. The lowest BCUT2D eigenvalue weighted by Crippen LogP contribution is -2.40. The van der Waals surface area contributed by atoms with Gasteiger partial charge in [-0.2, -0.15) is 5.26 Å². The second-order valence-electron chi connectivity index (χ2n) is 3.88. The molecule has 0 aromatic rings. The van der Waals surface area contributed by atoms with Gasteiger partial charge in [-0.25, -0.2) is 0 Å². The van der Waals surface area contributed by atoms with E-state index < -0.39 is 5.97 Å². The number of aliphatic carboxylic acids is 1. The zero-order chi connectivity index (χ0) is 11.8. The van der Waals surface area contributed by atoms with Crippen LogP contribution in [0.2, 0.25) is 0 Å². The summed E-state index contributed by atoms with van der Waals surface area (Å²) in [4.78, 5) is 12.4. The lowest BCUT2D eigenvalue weighted by Gasteiger charge is -2.29. The summed E-state index contributed by atoms with van der Waals surface area (Å²) >= 11 is 0. The van der Waals surface area contributed by atoms with E-state index in [9.17, 15) is 4.79 Å². The van der Waals surface area contributed by atoms with Crippen LogP contribution in [-0.2, 0) is 4.79 Å². The van der Waals surface area contributed by atoms with E-state index in [-0.39, 0.29) is 18.5 Å². The highest BCUT2D eigenvalue weighted by Gasteiger charge is 2.18. The Hall–Kier alpha value is -1.08. The van der Waals surface area contributed by atoms with Crippen molar-refractivity contribution in [2.24, 2.45) is 0 Å². The highest BCUT2D eigenvalue weighted by Crippen LogP contribution is 2.10. The molecule has 0 radical (unpaired) electrons. The molecule has 0 rings (SSSR count). The van der Waals surface area contributed by atoms with Gasteiger partial charge in [0.25, 0.3) is 0 Å². The van der Waals surface area contributed by atoms with Crippen LogP contribution in [0, 0.1) is 11.3 Å². The van der Waals surface area contributed by atoms with E-state index in [1.807, 2.05) is 20.8 Å². The average molecular weight is 212 g/mol. The molecule has 15 heavy (non-hydrogen) atoms. The fraction of sp³-hybridized carbons (Fsp3) is 0.818. The molecule has 4 heteroatoms. The molecule has 86 valence electrons. The van der Waals surface area contributed by atoms with Crippen molar-refractivity contribution in [3.8, 4) is 6.07 Å². The number of nitriles is 1. The Morgan fingerprint density at radius 3 is 2.47 bits per heavy atom. The van der Waals surface area contributed by atoms with Crippen LogP contribution in [-0.4, -0.2) is 34.6 Å². The van der Waals surface area contributed by atoms with Crippen molar-refractivity contribution in [3.05, 3.63) is 0 Å². The summed E-state index contributed by atoms with van der Waals surface area (Å²) in [7, 11) is 0. The molecule has 0 aliphatic carbocycles. The minimum atomic E-state index is -0.774. The van der Waals surface area contributed by atoms with Crippen LogP contribution in [0.4, 0.5) is 0 Å². The van der Waals surface area contributed by atoms with E-state index in [4.69, 9.17) is 10.4 Å². The van der Waals surface area contributed by atoms with Crippen LogP contribution in [0.3, 0.4) is 0 Å². The van der Waals surface area contributed by atoms with Gasteiger partial charge in [0.05, 0.1) is 12.1 Å². The Morgan fingerprint density at radius 1 is 1.53 bits per heavy atom. The molecule has 1 N–H and O–H groups in total. The molecular weight excluding hydrogens is 192 g/mol. The third kappa shape index (κ3) is 5.38. The van der Waals surface area contributed by atoms with Crippen molar-refractivity contribution in [2.45, 2.75) is 52.1 Å². The number of rotatable bonds is 7. The van der Waals surface area contributed by atoms with E-state index >= 15 is 0 Å². The van der Waals surface area contributed by atoms with E-state index in [0.29, 0.717) is 13.0 Å². The molecule has 0 saturated carbocycles. The van der Waals surface area contributed by atoms with E-state index in [0.717, 1.165) is 6.42 Å². The zero-order valence-electron chi connectivity index (χ0n) is 9.73. The van der Waals surface area contributed by atoms with Gasteiger partial charge in [0, 0.05) is 19.0 Å². The fourth-order valence-electron chi connectivity index (χ4n) is 1.59. The Bertz CT molecular complexity index is 233. The van der Waals surface area contributed by atoms with Gasteiger partial charge in [0.1, 0.15) is 0 Å². The molecule has 1 unspecified atom stereocenters. The first-order chi connectivity index (χ1) is 7.02. The molecule has 0 aliphatic rings. The topological polar surface area (TPSA) is 64.3 Å². The lowest BCUT2D eigenvalue weighted by molar-refractivity contribution is -0.137. The van der Waals surface area contributed by atoms with Gasteiger partial charge in [-0.1, -0.05) is 6.92 Å². The summed E-state index contributed by atoms with van der Waals surface area (Å²) in [6.07, 6.45) is 1.55. The van der Waals surface area contributed by atoms with Gasteiger partial charge in [0.2, 0.25) is 0 Å². The normalized spacial score (nSPS) is 12.8. The Morgan fingerprint density at radius 2 is 2.13 bits per heavy atom. The predicted octanol–water partition coefficient (Wildman–Crippen LogP) is 1.86. The summed E-state index contributed by atoms with van der Waals surface area (Å²) in [5, 5.41) is 17.5. The largest absolute Gasteiger partial charge is 0.481 e. The van der Waals surface area contributed by atoms with E-state index in [2.05, 4.69) is 11.0 Å². The molecular formula is C11H20N2O2. The summed E-state index contributed by atoms with van der Waals surface area (Å²) in [5.74, 6) is -0.774. The molecule has 0 aliphatic heterocycles. The van der Waals surface area contributed by atoms with Crippen LogP contribution in [0.5, 0.6) is 0 Å². The van der Waals surface area contributed by atoms with Crippen LogP contribution in [0.15, 0.2) is 0 Å². The Balaban J connectivity index is 4.16. The van der Waals surface area contributed by atoms with Gasteiger partial charge in [-0.3, -0.25) is 9.69 Å². The van der Waals surface area contributed by atoms with E-state index in [1.54, 1.807) is 0 Å². The molecule has 4 nitrogen and oxygen atoms in total. The molecule has 0 amide bonds. The van der Waals surface area contributed by atoms with Gasteiger partial charge < -0.3 is 5.11 Å². The summed E-state index contributed by atoms with van der Waals surface area (Å²) < 4.78 is 0. The number of carboxylic acids is 1. The first kappa shape index (κ1) is 13.9. The number of hydrogen-bond donors (Lipinski definition) is 1. The smallest absolute Gasteiger partial charge is 0.303 e. The van der Waals surface area contributed by atoms with Gasteiger partial charge in [-0.05, 0) is 26.7 Å². The number of carboxylic acid groups (broad SMARTS) is 1. The SMILES string of the molecule is CCC(C#N)N(CCCC(=O)O)C(C)C. The molecule has 1 atom stereocenters. The summed E-state index contributed by atoms with van der Waals surface area (Å²) in [6, 6.07) is 2.43. The lowest BCUT2D eigenvalue weighted by atomic mass is 10.1. The predicted molar refractivity (Wildman–Crippen MR) is 58.4 cm³/mol. The van der Waals surface area contributed by atoms with Crippen LogP contribution in [0.1, 0.15) is 40.0 Å². The molecule has 0 aromatic heterocycles. The number of carbonyl (C=O) groups is 1. The van der Waals surface area contributed by atoms with Crippen molar-refractivity contribution in [2.75, 3.05) is 6.54 Å². The standard InChI is InChI=1S/C11H20N2O2/c1-4-10(8-12)13(9(2)3)7-5-6-11(14)15/h9-10H,4-7H2,1-3H3,(H,14,15). The van der Waals surface area contributed by atoms with Crippen LogP contribution < -0.4 is 0 Å². The summed E-state index contributed by atoms with van der Waals surface area (Å²) in [6.45, 7) is 6.71. The van der Waals surface area contributed by atoms with Gasteiger partial charge in [0.15, 0.2) is 0 Å². The second-order valence-corrected chi connectivity index (χ2v) is 3.88. The van der Waals surface area contributed by atoms with Crippen molar-refractivity contribution in [1.82, 2.24) is 4.90 Å². The first-order valence-corrected chi connectivity index (χ1v) is 5.40. The van der Waals surface area contributed by atoms with Crippen molar-refractivity contribution >= 4 is 5.97 Å². The summed E-state index contributed by atoms with van der Waals surface area (Å²) in [5.41, 5.74) is 0. The van der Waals surface area contributed by atoms with Gasteiger partial charge in [-0.15, -0.1) is 0 Å². The third-order valence-corrected chi connectivity index (χ3v) is 2.41. The fourth-order valence-corrected chi connectivity index (χ4v) is 1.59. The monoisotopic (exact) mass is 212 g/mol. The zero-order valence-corrected chi connectivity index (χ0v) is 9.73. The molecule has 0 heterocycles. The quantitative estimate of drug-likeness (QED) is 0.699. The highest BCUT2D eigenvalue weighted by molar-refractivity contribution is 5.66. The third-order valence-electron chi connectivity index (χ3n) is 2.41. The molecule has 0 aromatic carbocycles. The van der Waals surface area contributed by atoms with Crippen LogP contribution in [0.25, 0.3) is 0 Å². The maximum Gasteiger partial charge on any atom is 0.303 e. The van der Waals surface area contributed by atoms with Crippen molar-refractivity contribution in [1.29, 1.82) is 5.26 Å². The maximum absolute atomic E-state index is 10.4. The highest BCUT2D eigenvalue weighted by atomic mass is 16.4. The van der Waals surface area contributed by atoms with Crippen molar-refractivity contribution < 1.29 is 9.90 Å². The number of hydrogen-bond acceptors (Lipinski definition) is 3. The Kier molecular flexibility index (Phi) is 6.72. The van der Waals surface area contributed by atoms with Crippen LogP contribution >= 0.6 is 0 Å². The minimum absolute atomic E-state index is 0.0983. The molecule has 0 saturated heterocycles. The van der Waals surface area contributed by atoms with Gasteiger partial charge >= 0.3 is 5.97 Å². The maximum atomic E-state index is 10.4. The minimum Gasteiger partial charge on any atom is -0.481 e. The Labute approximate surface area is 91.5 Å². The second kappa shape index (κ2) is 7.24. The average Bonchev–Trinajstić information content (AvgIpc) is 2.16. The molecule has 0 fully saturated rings. The first-order valence-electron chi connectivity index (χ1n) is 5.40. The molecule has 0 spiro atoms.